The number of fused-ring (bicyclic) bond motifs is 1. The summed E-state index contributed by atoms with van der Waals surface area (Å²) in [5.74, 6) is 0.698. The van der Waals surface area contributed by atoms with Crippen LogP contribution >= 0.6 is 11.3 Å². The molecule has 0 spiro atoms. The number of amides is 1. The van der Waals surface area contributed by atoms with Gasteiger partial charge in [-0.1, -0.05) is 31.3 Å². The van der Waals surface area contributed by atoms with Crippen LogP contribution in [0.25, 0.3) is 10.2 Å². The van der Waals surface area contributed by atoms with Crippen molar-refractivity contribution in [1.82, 2.24) is 8.87 Å². The van der Waals surface area contributed by atoms with E-state index < -0.39 is 15.9 Å². The molecule has 0 saturated heterocycles. The number of carbonyl (C=O) groups excluding carboxylic acids is 1. The van der Waals surface area contributed by atoms with E-state index in [9.17, 15) is 13.2 Å². The predicted octanol–water partition coefficient (Wildman–Crippen LogP) is 4.46. The number of aromatic nitrogens is 1. The Hall–Kier alpha value is -2.95. The largest absolute Gasteiger partial charge is 0.493 e. The Morgan fingerprint density at radius 2 is 1.69 bits per heavy atom. The van der Waals surface area contributed by atoms with Gasteiger partial charge in [-0.05, 0) is 37.1 Å². The van der Waals surface area contributed by atoms with Crippen molar-refractivity contribution in [2.75, 3.05) is 27.3 Å². The number of sulfonamides is 1. The van der Waals surface area contributed by atoms with Crippen LogP contribution in [0.15, 0.2) is 58.9 Å². The average molecular weight is 518 g/mol. The Morgan fingerprint density at radius 3 is 2.23 bits per heavy atom. The normalized spacial score (nSPS) is 12.3. The summed E-state index contributed by atoms with van der Waals surface area (Å²) in [5, 5.41) is 0. The van der Waals surface area contributed by atoms with E-state index in [1.54, 1.807) is 20.3 Å². The van der Waals surface area contributed by atoms with Crippen LogP contribution in [0.2, 0.25) is 0 Å². The number of thiazole rings is 1. The van der Waals surface area contributed by atoms with Crippen molar-refractivity contribution in [2.45, 2.75) is 38.1 Å². The predicted molar refractivity (Wildman–Crippen MR) is 139 cm³/mol. The van der Waals surface area contributed by atoms with Crippen LogP contribution in [-0.2, 0) is 16.6 Å². The van der Waals surface area contributed by atoms with Crippen molar-refractivity contribution in [3.63, 3.8) is 0 Å². The molecule has 188 valence electrons. The van der Waals surface area contributed by atoms with E-state index in [2.05, 4.69) is 11.6 Å². The maximum atomic E-state index is 13.0. The van der Waals surface area contributed by atoms with Crippen LogP contribution in [-0.4, -0.2) is 50.5 Å². The molecule has 0 aliphatic rings. The fourth-order valence-corrected chi connectivity index (χ4v) is 6.38. The first kappa shape index (κ1) is 26.7. The minimum absolute atomic E-state index is 0.165. The highest BCUT2D eigenvalue weighted by atomic mass is 32.2. The molecule has 35 heavy (non-hydrogen) atoms. The fourth-order valence-electron chi connectivity index (χ4n) is 3.71. The second kappa shape index (κ2) is 11.7. The number of hydrogen-bond acceptors (Lipinski definition) is 6. The number of carbonyl (C=O) groups is 1. The monoisotopic (exact) mass is 517 g/mol. The maximum absolute atomic E-state index is 13.0. The van der Waals surface area contributed by atoms with Crippen molar-refractivity contribution >= 4 is 37.5 Å². The smallest absolute Gasteiger partial charge is 0.279 e. The topological polar surface area (TPSA) is 90.2 Å². The van der Waals surface area contributed by atoms with Gasteiger partial charge < -0.3 is 14.0 Å². The van der Waals surface area contributed by atoms with E-state index >= 15 is 0 Å². The Labute approximate surface area is 210 Å². The van der Waals surface area contributed by atoms with Gasteiger partial charge in [0.05, 0.1) is 29.3 Å². The minimum Gasteiger partial charge on any atom is -0.493 e. The number of rotatable bonds is 11. The molecule has 0 N–H and O–H groups in total. The number of allylic oxidation sites excluding steroid dienone is 1. The van der Waals surface area contributed by atoms with Crippen LogP contribution in [0.3, 0.4) is 0 Å². The van der Waals surface area contributed by atoms with E-state index in [0.717, 1.165) is 23.1 Å². The number of benzene rings is 2. The van der Waals surface area contributed by atoms with Crippen molar-refractivity contribution in [2.24, 2.45) is 4.99 Å². The lowest BCUT2D eigenvalue weighted by molar-refractivity contribution is 0.0997. The molecule has 3 aromatic rings. The van der Waals surface area contributed by atoms with E-state index in [1.165, 1.54) is 39.9 Å². The summed E-state index contributed by atoms with van der Waals surface area (Å²) in [7, 11) is -0.484. The summed E-state index contributed by atoms with van der Waals surface area (Å²) in [6.07, 6.45) is 3.18. The Balaban J connectivity index is 2.00. The Bertz CT molecular complexity index is 1370. The molecule has 0 bridgehead atoms. The number of nitrogens with zero attached hydrogens (tertiary/aromatic N) is 3. The third-order valence-corrected chi connectivity index (χ3v) is 8.34. The van der Waals surface area contributed by atoms with Gasteiger partial charge in [-0.15, -0.1) is 6.58 Å². The fraction of sp³-hybridized carbons (Fsp3) is 0.360. The Kier molecular flexibility index (Phi) is 8.87. The first-order valence-corrected chi connectivity index (χ1v) is 13.6. The highest BCUT2D eigenvalue weighted by molar-refractivity contribution is 7.89. The lowest BCUT2D eigenvalue weighted by Gasteiger charge is -2.21. The zero-order valence-electron chi connectivity index (χ0n) is 20.5. The second-order valence-electron chi connectivity index (χ2n) is 7.80. The van der Waals surface area contributed by atoms with Gasteiger partial charge in [-0.2, -0.15) is 9.30 Å². The molecule has 10 heteroatoms. The van der Waals surface area contributed by atoms with Crippen LogP contribution in [0.1, 0.15) is 37.0 Å². The number of hydrogen-bond donors (Lipinski definition) is 0. The summed E-state index contributed by atoms with van der Waals surface area (Å²) >= 11 is 1.35. The zero-order chi connectivity index (χ0) is 25.6. The molecule has 2 aromatic carbocycles. The lowest BCUT2D eigenvalue weighted by atomic mass is 10.2. The highest BCUT2D eigenvalue weighted by Gasteiger charge is 2.23. The molecule has 8 nitrogen and oxygen atoms in total. The summed E-state index contributed by atoms with van der Waals surface area (Å²) < 4.78 is 41.0. The molecule has 0 aliphatic carbocycles. The van der Waals surface area contributed by atoms with Gasteiger partial charge in [-0.3, -0.25) is 4.79 Å². The summed E-state index contributed by atoms with van der Waals surface area (Å²) in [6, 6.07) is 9.64. The molecule has 0 unspecified atom stereocenters. The van der Waals surface area contributed by atoms with Crippen LogP contribution < -0.4 is 14.3 Å². The van der Waals surface area contributed by atoms with Gasteiger partial charge in [0.25, 0.3) is 5.91 Å². The van der Waals surface area contributed by atoms with Gasteiger partial charge >= 0.3 is 0 Å². The van der Waals surface area contributed by atoms with Crippen molar-refractivity contribution in [3.05, 3.63) is 59.4 Å². The van der Waals surface area contributed by atoms with Gasteiger partial charge in [0.15, 0.2) is 16.3 Å². The standard InChI is InChI=1S/C25H31N3O5S2/c1-6-13-27(14-7-2)35(30,31)19-11-9-18(10-12-19)24(29)26-25-28(15-8-3)20-16-21(32-4)22(33-5)17-23(20)34-25/h8-12,16-17H,3,6-7,13-15H2,1-2,4-5H3. The lowest BCUT2D eigenvalue weighted by Crippen LogP contribution is -2.32. The summed E-state index contributed by atoms with van der Waals surface area (Å²) in [5.41, 5.74) is 1.15. The molecule has 0 atom stereocenters. The van der Waals surface area contributed by atoms with Crippen LogP contribution in [0.5, 0.6) is 11.5 Å². The van der Waals surface area contributed by atoms with E-state index in [4.69, 9.17) is 9.47 Å². The zero-order valence-corrected chi connectivity index (χ0v) is 22.1. The summed E-state index contributed by atoms with van der Waals surface area (Å²) in [6.45, 7) is 9.06. The first-order chi connectivity index (χ1) is 16.8. The molecule has 0 aliphatic heterocycles. The van der Waals surface area contributed by atoms with Gasteiger partial charge in [-0.25, -0.2) is 8.42 Å². The van der Waals surface area contributed by atoms with Gasteiger partial charge in [0.1, 0.15) is 0 Å². The molecule has 0 saturated carbocycles. The van der Waals surface area contributed by atoms with Crippen molar-refractivity contribution < 1.29 is 22.7 Å². The molecule has 0 fully saturated rings. The highest BCUT2D eigenvalue weighted by Crippen LogP contribution is 2.33. The molecule has 0 radical (unpaired) electrons. The molecule has 1 aromatic heterocycles. The van der Waals surface area contributed by atoms with Crippen LogP contribution in [0, 0.1) is 0 Å². The molecular weight excluding hydrogens is 486 g/mol. The average Bonchev–Trinajstić information content (AvgIpc) is 3.18. The first-order valence-electron chi connectivity index (χ1n) is 11.4. The van der Waals surface area contributed by atoms with Crippen LogP contribution in [0.4, 0.5) is 0 Å². The van der Waals surface area contributed by atoms with E-state index in [1.807, 2.05) is 30.5 Å². The number of methoxy groups -OCH3 is 2. The van der Waals surface area contributed by atoms with E-state index in [-0.39, 0.29) is 4.90 Å². The molecule has 1 heterocycles. The summed E-state index contributed by atoms with van der Waals surface area (Å²) in [4.78, 5) is 18.0. The van der Waals surface area contributed by atoms with Gasteiger partial charge in [0, 0.05) is 37.3 Å². The Morgan fingerprint density at radius 1 is 1.09 bits per heavy atom. The van der Waals surface area contributed by atoms with Crippen molar-refractivity contribution in [1.29, 1.82) is 0 Å². The third-order valence-electron chi connectivity index (χ3n) is 5.38. The van der Waals surface area contributed by atoms with Crippen molar-refractivity contribution in [3.8, 4) is 11.5 Å². The quantitative estimate of drug-likeness (QED) is 0.350. The molecular formula is C25H31N3O5S2. The SMILES string of the molecule is C=CCn1c(=NC(=O)c2ccc(S(=O)(=O)N(CCC)CCC)cc2)sc2cc(OC)c(OC)cc21. The second-order valence-corrected chi connectivity index (χ2v) is 10.8. The van der Waals surface area contributed by atoms with Gasteiger partial charge in [0.2, 0.25) is 10.0 Å². The minimum atomic E-state index is -3.62. The third kappa shape index (κ3) is 5.66. The maximum Gasteiger partial charge on any atom is 0.279 e. The molecule has 1 amide bonds. The van der Waals surface area contributed by atoms with E-state index in [0.29, 0.717) is 41.5 Å². The number of ether oxygens (including phenoxy) is 2. The molecule has 3 rings (SSSR count).